The maximum absolute atomic E-state index is 12.9. The number of nitrogens with one attached hydrogen (secondary N) is 2. The summed E-state index contributed by atoms with van der Waals surface area (Å²) in [5.41, 5.74) is -0.832. The molecule has 8 heteroatoms. The van der Waals surface area contributed by atoms with Crippen LogP contribution in [0.1, 0.15) is 56.5 Å². The SMILES string of the molecule is CC(C)C[n+]1c(O)c(C(=O)NC2CC2)c(=O)n2[nH]cc(/C=C/C(C)(C)O)c21. The molecular formula is C19H27N4O4+. The van der Waals surface area contributed by atoms with Gasteiger partial charge in [0.25, 0.3) is 5.91 Å². The minimum atomic E-state index is -1.02. The Morgan fingerprint density at radius 3 is 2.70 bits per heavy atom. The summed E-state index contributed by atoms with van der Waals surface area (Å²) in [6.07, 6.45) is 6.67. The van der Waals surface area contributed by atoms with Crippen LogP contribution in [-0.4, -0.2) is 37.4 Å². The standard InChI is InChI=1S/C19H26N4O4/c1-11(2)10-22-16-12(7-8-19(3,4)27)9-20-23(16)18(26)14(17(22)25)15(24)21-13-5-6-13/h7-9,11,13,27H,5-6,10H2,1-4H3,(H2,21,24,25,26)/p+1/b8-7+. The third-order valence-electron chi connectivity index (χ3n) is 4.33. The fourth-order valence-electron chi connectivity index (χ4n) is 2.90. The van der Waals surface area contributed by atoms with Crippen LogP contribution in [0.4, 0.5) is 0 Å². The predicted octanol–water partition coefficient (Wildman–Crippen LogP) is 0.953. The third-order valence-corrected chi connectivity index (χ3v) is 4.33. The van der Waals surface area contributed by atoms with Crippen LogP contribution in [0.25, 0.3) is 11.7 Å². The molecule has 2 aromatic heterocycles. The van der Waals surface area contributed by atoms with Crippen LogP contribution in [0.15, 0.2) is 17.1 Å². The van der Waals surface area contributed by atoms with E-state index >= 15 is 0 Å². The molecular weight excluding hydrogens is 348 g/mol. The molecule has 1 fully saturated rings. The summed E-state index contributed by atoms with van der Waals surface area (Å²) in [5.74, 6) is -0.734. The number of amides is 1. The first-order chi connectivity index (χ1) is 12.6. The fourth-order valence-corrected chi connectivity index (χ4v) is 2.90. The van der Waals surface area contributed by atoms with E-state index in [0.29, 0.717) is 17.8 Å². The summed E-state index contributed by atoms with van der Waals surface area (Å²) in [7, 11) is 0. The van der Waals surface area contributed by atoms with Gasteiger partial charge in [0.15, 0.2) is 0 Å². The lowest BCUT2D eigenvalue weighted by molar-refractivity contribution is -0.686. The third kappa shape index (κ3) is 4.05. The van der Waals surface area contributed by atoms with E-state index in [9.17, 15) is 19.8 Å². The molecule has 0 spiro atoms. The van der Waals surface area contributed by atoms with E-state index < -0.39 is 17.1 Å². The number of carbonyl (C=O) groups excluding carboxylic acids is 1. The first kappa shape index (κ1) is 19.2. The van der Waals surface area contributed by atoms with Crippen molar-refractivity contribution in [3.8, 4) is 5.88 Å². The van der Waals surface area contributed by atoms with Crippen LogP contribution in [0.2, 0.25) is 0 Å². The number of rotatable bonds is 6. The minimum Gasteiger partial charge on any atom is -0.477 e. The van der Waals surface area contributed by atoms with Crippen molar-refractivity contribution < 1.29 is 19.6 Å². The Bertz CT molecular complexity index is 959. The maximum atomic E-state index is 12.9. The van der Waals surface area contributed by atoms with Gasteiger partial charge >= 0.3 is 17.1 Å². The van der Waals surface area contributed by atoms with Crippen LogP contribution in [0, 0.1) is 5.92 Å². The van der Waals surface area contributed by atoms with E-state index in [1.54, 1.807) is 36.8 Å². The molecule has 1 saturated carbocycles. The summed E-state index contributed by atoms with van der Waals surface area (Å²) < 4.78 is 2.82. The topological polar surface area (TPSA) is 111 Å². The minimum absolute atomic E-state index is 0.0736. The Morgan fingerprint density at radius 2 is 2.15 bits per heavy atom. The molecule has 4 N–H and O–H groups in total. The van der Waals surface area contributed by atoms with E-state index in [0.717, 1.165) is 12.8 Å². The molecule has 0 atom stereocenters. The monoisotopic (exact) mass is 375 g/mol. The first-order valence-corrected chi connectivity index (χ1v) is 9.20. The molecule has 0 aromatic carbocycles. The lowest BCUT2D eigenvalue weighted by Crippen LogP contribution is -2.46. The van der Waals surface area contributed by atoms with Crippen molar-refractivity contribution in [1.29, 1.82) is 0 Å². The molecule has 0 saturated heterocycles. The van der Waals surface area contributed by atoms with Crippen molar-refractivity contribution in [1.82, 2.24) is 14.9 Å². The van der Waals surface area contributed by atoms with Crippen molar-refractivity contribution in [2.24, 2.45) is 5.92 Å². The molecule has 1 amide bonds. The number of aliphatic hydroxyl groups is 1. The zero-order valence-electron chi connectivity index (χ0n) is 16.1. The Hall–Kier alpha value is -2.61. The number of hydrogen-bond donors (Lipinski definition) is 4. The van der Waals surface area contributed by atoms with E-state index in [4.69, 9.17) is 0 Å². The van der Waals surface area contributed by atoms with Crippen molar-refractivity contribution >= 4 is 17.6 Å². The van der Waals surface area contributed by atoms with Crippen molar-refractivity contribution in [3.05, 3.63) is 33.8 Å². The molecule has 0 unspecified atom stereocenters. The second kappa shape index (κ2) is 6.84. The number of carbonyl (C=O) groups is 1. The van der Waals surface area contributed by atoms with E-state index in [-0.39, 0.29) is 23.4 Å². The number of nitrogens with zero attached hydrogens (tertiary/aromatic N) is 2. The summed E-state index contributed by atoms with van der Waals surface area (Å²) >= 11 is 0. The van der Waals surface area contributed by atoms with Gasteiger partial charge in [0.05, 0.1) is 23.9 Å². The van der Waals surface area contributed by atoms with Gasteiger partial charge in [0.2, 0.25) is 5.56 Å². The van der Waals surface area contributed by atoms with Crippen molar-refractivity contribution in [2.45, 2.75) is 58.7 Å². The van der Waals surface area contributed by atoms with E-state index in [1.807, 2.05) is 13.8 Å². The average Bonchev–Trinajstić information content (AvgIpc) is 3.24. The molecule has 1 aliphatic carbocycles. The van der Waals surface area contributed by atoms with Crippen LogP contribution >= 0.6 is 0 Å². The van der Waals surface area contributed by atoms with Crippen LogP contribution in [0.3, 0.4) is 0 Å². The summed E-state index contributed by atoms with van der Waals surface area (Å²) in [6, 6.07) is 0.0736. The Kier molecular flexibility index (Phi) is 4.86. The Balaban J connectivity index is 2.21. The lowest BCUT2D eigenvalue weighted by atomic mass is 10.1. The number of fused-ring (bicyclic) bond motifs is 1. The molecule has 3 rings (SSSR count). The van der Waals surface area contributed by atoms with Crippen LogP contribution in [0.5, 0.6) is 5.88 Å². The summed E-state index contributed by atoms with van der Waals surface area (Å²) in [6.45, 7) is 7.67. The van der Waals surface area contributed by atoms with Gasteiger partial charge in [-0.3, -0.25) is 4.79 Å². The largest absolute Gasteiger partial charge is 0.477 e. The fraction of sp³-hybridized carbons (Fsp3) is 0.526. The van der Waals surface area contributed by atoms with Gasteiger partial charge in [-0.15, -0.1) is 0 Å². The highest BCUT2D eigenvalue weighted by atomic mass is 16.3. The van der Waals surface area contributed by atoms with Gasteiger partial charge in [-0.25, -0.2) is 9.89 Å². The summed E-state index contributed by atoms with van der Waals surface area (Å²) in [5, 5.41) is 26.4. The molecule has 2 aromatic rings. The van der Waals surface area contributed by atoms with Crippen LogP contribution in [-0.2, 0) is 6.54 Å². The second-order valence-corrected chi connectivity index (χ2v) is 8.13. The number of aromatic nitrogens is 3. The number of aromatic amines is 1. The van der Waals surface area contributed by atoms with Gasteiger partial charge in [0.1, 0.15) is 0 Å². The molecule has 0 bridgehead atoms. The van der Waals surface area contributed by atoms with E-state index in [2.05, 4.69) is 10.4 Å². The van der Waals surface area contributed by atoms with Gasteiger partial charge < -0.3 is 15.5 Å². The average molecular weight is 375 g/mol. The molecule has 146 valence electrons. The van der Waals surface area contributed by atoms with Gasteiger partial charge in [0, 0.05) is 6.04 Å². The quantitative estimate of drug-likeness (QED) is 0.564. The number of aromatic hydroxyl groups is 1. The lowest BCUT2D eigenvalue weighted by Gasteiger charge is -2.11. The second-order valence-electron chi connectivity index (χ2n) is 8.13. The highest BCUT2D eigenvalue weighted by Gasteiger charge is 2.34. The highest BCUT2D eigenvalue weighted by molar-refractivity contribution is 5.96. The highest BCUT2D eigenvalue weighted by Crippen LogP contribution is 2.21. The summed E-state index contributed by atoms with van der Waals surface area (Å²) in [4.78, 5) is 25.4. The number of hydrogen-bond acceptors (Lipinski definition) is 4. The smallest absolute Gasteiger partial charge is 0.378 e. The zero-order chi connectivity index (χ0) is 19.9. The van der Waals surface area contributed by atoms with Gasteiger partial charge in [-0.05, 0) is 38.7 Å². The van der Waals surface area contributed by atoms with Gasteiger partial charge in [-0.1, -0.05) is 24.4 Å². The Labute approximate surface area is 157 Å². The normalized spacial score (nSPS) is 15.2. The molecule has 2 heterocycles. The van der Waals surface area contributed by atoms with Gasteiger partial charge in [-0.2, -0.15) is 4.57 Å². The van der Waals surface area contributed by atoms with Crippen molar-refractivity contribution in [3.63, 3.8) is 0 Å². The van der Waals surface area contributed by atoms with E-state index in [1.165, 1.54) is 4.52 Å². The predicted molar refractivity (Wildman–Crippen MR) is 101 cm³/mol. The Morgan fingerprint density at radius 1 is 1.48 bits per heavy atom. The zero-order valence-corrected chi connectivity index (χ0v) is 16.1. The molecule has 8 nitrogen and oxygen atoms in total. The molecule has 0 radical (unpaired) electrons. The molecule has 1 aliphatic rings. The first-order valence-electron chi connectivity index (χ1n) is 9.20. The van der Waals surface area contributed by atoms with Crippen LogP contribution < -0.4 is 15.4 Å². The molecule has 27 heavy (non-hydrogen) atoms. The number of H-pyrrole nitrogens is 1. The molecule has 0 aliphatic heterocycles. The maximum Gasteiger partial charge on any atom is 0.378 e. The van der Waals surface area contributed by atoms with Crippen molar-refractivity contribution in [2.75, 3.05) is 0 Å².